The molecule has 5 nitrogen and oxygen atoms in total. The highest BCUT2D eigenvalue weighted by Gasteiger charge is 2.35. The molecule has 0 aromatic carbocycles. The highest BCUT2D eigenvalue weighted by Crippen LogP contribution is 2.23. The molecule has 0 spiro atoms. The van der Waals surface area contributed by atoms with Gasteiger partial charge in [0.2, 0.25) is 0 Å². The summed E-state index contributed by atoms with van der Waals surface area (Å²) in [6, 6.07) is 1.65. The summed E-state index contributed by atoms with van der Waals surface area (Å²) >= 11 is 0. The Morgan fingerprint density at radius 2 is 2.05 bits per heavy atom. The quantitative estimate of drug-likeness (QED) is 0.930. The Bertz CT molecular complexity index is 539. The Morgan fingerprint density at radius 1 is 1.33 bits per heavy atom. The van der Waals surface area contributed by atoms with E-state index >= 15 is 0 Å². The van der Waals surface area contributed by atoms with E-state index in [-0.39, 0.29) is 12.2 Å². The molecule has 116 valence electrons. The number of piperidine rings is 1. The lowest BCUT2D eigenvalue weighted by Gasteiger charge is -2.33. The molecule has 0 bridgehead atoms. The van der Waals surface area contributed by atoms with Crippen molar-refractivity contribution in [2.45, 2.75) is 38.0 Å². The number of carboxylic acid groups (broad SMARTS) is 1. The Hall–Kier alpha value is -1.99. The van der Waals surface area contributed by atoms with Gasteiger partial charge in [0.05, 0.1) is 0 Å². The number of aromatic nitrogens is 1. The van der Waals surface area contributed by atoms with Crippen LogP contribution < -0.4 is 0 Å². The zero-order valence-electron chi connectivity index (χ0n) is 11.1. The zero-order chi connectivity index (χ0) is 15.6. The van der Waals surface area contributed by atoms with E-state index in [1.807, 2.05) is 0 Å². The summed E-state index contributed by atoms with van der Waals surface area (Å²) in [4.78, 5) is 24.7. The van der Waals surface area contributed by atoms with Crippen LogP contribution in [0.25, 0.3) is 0 Å². The highest BCUT2D eigenvalue weighted by atomic mass is 19.4. The molecule has 2 heterocycles. The SMILES string of the molecule is O=C(O)[C@@H]1CCCCN1C(=O)c1cccn1CC(F)(F)F. The standard InChI is InChI=1S/C13H15F3N2O3/c14-13(15,16)8-17-6-3-5-9(17)11(19)18-7-2-1-4-10(18)12(20)21/h3,5-6,10H,1-2,4,7-8H2,(H,20,21)/t10-/m0/s1. The van der Waals surface area contributed by atoms with Crippen LogP contribution in [0.4, 0.5) is 13.2 Å². The second kappa shape index (κ2) is 5.79. The van der Waals surface area contributed by atoms with Gasteiger partial charge >= 0.3 is 12.1 Å². The van der Waals surface area contributed by atoms with Gasteiger partial charge in [-0.05, 0) is 31.4 Å². The average molecular weight is 304 g/mol. The lowest BCUT2D eigenvalue weighted by Crippen LogP contribution is -2.48. The summed E-state index contributed by atoms with van der Waals surface area (Å²) in [7, 11) is 0. The molecule has 21 heavy (non-hydrogen) atoms. The van der Waals surface area contributed by atoms with Gasteiger partial charge in [-0.15, -0.1) is 0 Å². The molecule has 1 fully saturated rings. The van der Waals surface area contributed by atoms with Gasteiger partial charge < -0.3 is 14.6 Å². The molecular weight excluding hydrogens is 289 g/mol. The van der Waals surface area contributed by atoms with Gasteiger partial charge in [0.15, 0.2) is 0 Å². The average Bonchev–Trinajstić information content (AvgIpc) is 2.83. The maximum atomic E-state index is 12.5. The molecule has 1 aromatic heterocycles. The van der Waals surface area contributed by atoms with Gasteiger partial charge in [-0.3, -0.25) is 4.79 Å². The van der Waals surface area contributed by atoms with Crippen LogP contribution in [0, 0.1) is 0 Å². The zero-order valence-corrected chi connectivity index (χ0v) is 11.1. The van der Waals surface area contributed by atoms with Gasteiger partial charge in [0.25, 0.3) is 5.91 Å². The lowest BCUT2D eigenvalue weighted by molar-refractivity contribution is -0.144. The van der Waals surface area contributed by atoms with Crippen molar-refractivity contribution in [2.75, 3.05) is 6.54 Å². The topological polar surface area (TPSA) is 62.5 Å². The van der Waals surface area contributed by atoms with Crippen molar-refractivity contribution in [3.63, 3.8) is 0 Å². The van der Waals surface area contributed by atoms with Crippen molar-refractivity contribution < 1.29 is 27.9 Å². The number of nitrogens with zero attached hydrogens (tertiary/aromatic N) is 2. The van der Waals surface area contributed by atoms with Crippen LogP contribution in [0.5, 0.6) is 0 Å². The van der Waals surface area contributed by atoms with Crippen LogP contribution in [0.2, 0.25) is 0 Å². The molecule has 0 aliphatic carbocycles. The van der Waals surface area contributed by atoms with Crippen LogP contribution in [0.1, 0.15) is 29.8 Å². The highest BCUT2D eigenvalue weighted by molar-refractivity contribution is 5.95. The second-order valence-corrected chi connectivity index (χ2v) is 4.98. The summed E-state index contributed by atoms with van der Waals surface area (Å²) in [6.45, 7) is -1.03. The number of likely N-dealkylation sites (tertiary alicyclic amines) is 1. The number of carbonyl (C=O) groups excluding carboxylic acids is 1. The summed E-state index contributed by atoms with van der Waals surface area (Å²) in [5.41, 5.74) is -0.138. The number of rotatable bonds is 3. The maximum Gasteiger partial charge on any atom is 0.406 e. The molecule has 0 unspecified atom stereocenters. The number of aliphatic carboxylic acids is 1. The Kier molecular flexibility index (Phi) is 4.24. The number of hydrogen-bond acceptors (Lipinski definition) is 2. The van der Waals surface area contributed by atoms with Crippen LogP contribution in [-0.4, -0.2) is 45.2 Å². The molecule has 1 amide bonds. The predicted octanol–water partition coefficient (Wildman–Crippen LogP) is 2.13. The van der Waals surface area contributed by atoms with E-state index in [0.29, 0.717) is 19.3 Å². The molecule has 1 N–H and O–H groups in total. The van der Waals surface area contributed by atoms with E-state index in [9.17, 15) is 22.8 Å². The van der Waals surface area contributed by atoms with Gasteiger partial charge in [-0.2, -0.15) is 13.2 Å². The van der Waals surface area contributed by atoms with Gasteiger partial charge in [-0.25, -0.2) is 4.79 Å². The minimum Gasteiger partial charge on any atom is -0.480 e. The van der Waals surface area contributed by atoms with E-state index in [4.69, 9.17) is 5.11 Å². The summed E-state index contributed by atoms with van der Waals surface area (Å²) < 4.78 is 38.2. The van der Waals surface area contributed by atoms with Crippen molar-refractivity contribution in [1.82, 2.24) is 9.47 Å². The fraction of sp³-hybridized carbons (Fsp3) is 0.538. The summed E-state index contributed by atoms with van der Waals surface area (Å²) in [5.74, 6) is -1.80. The first-order valence-corrected chi connectivity index (χ1v) is 6.55. The predicted molar refractivity (Wildman–Crippen MR) is 66.8 cm³/mol. The molecule has 2 rings (SSSR count). The van der Waals surface area contributed by atoms with Gasteiger partial charge in [0.1, 0.15) is 18.3 Å². The molecular formula is C13H15F3N2O3. The largest absolute Gasteiger partial charge is 0.480 e. The first-order valence-electron chi connectivity index (χ1n) is 6.55. The molecule has 1 aliphatic rings. The van der Waals surface area contributed by atoms with Crippen molar-refractivity contribution >= 4 is 11.9 Å². The van der Waals surface area contributed by atoms with E-state index in [2.05, 4.69) is 0 Å². The number of hydrogen-bond donors (Lipinski definition) is 1. The third-order valence-electron chi connectivity index (χ3n) is 3.45. The number of carboxylic acids is 1. The minimum atomic E-state index is -4.44. The van der Waals surface area contributed by atoms with Gasteiger partial charge in [0, 0.05) is 12.7 Å². The fourth-order valence-corrected chi connectivity index (χ4v) is 2.52. The Labute approximate surface area is 119 Å². The fourth-order valence-electron chi connectivity index (χ4n) is 2.52. The normalized spacial score (nSPS) is 19.6. The Balaban J connectivity index is 2.23. The van der Waals surface area contributed by atoms with Crippen LogP contribution in [-0.2, 0) is 11.3 Å². The molecule has 1 atom stereocenters. The summed E-state index contributed by atoms with van der Waals surface area (Å²) in [5, 5.41) is 9.13. The van der Waals surface area contributed by atoms with E-state index < -0.39 is 30.6 Å². The molecule has 1 aromatic rings. The molecule has 0 radical (unpaired) electrons. The van der Waals surface area contributed by atoms with Crippen molar-refractivity contribution in [1.29, 1.82) is 0 Å². The number of halogens is 3. The van der Waals surface area contributed by atoms with Gasteiger partial charge in [-0.1, -0.05) is 0 Å². The Morgan fingerprint density at radius 3 is 2.67 bits per heavy atom. The van der Waals surface area contributed by atoms with Crippen LogP contribution >= 0.6 is 0 Å². The number of amides is 1. The van der Waals surface area contributed by atoms with E-state index in [1.165, 1.54) is 18.3 Å². The molecule has 1 saturated heterocycles. The summed E-state index contributed by atoms with van der Waals surface area (Å²) in [6.07, 6.45) is -1.62. The molecule has 0 saturated carbocycles. The van der Waals surface area contributed by atoms with Crippen LogP contribution in [0.3, 0.4) is 0 Å². The monoisotopic (exact) mass is 304 g/mol. The lowest BCUT2D eigenvalue weighted by atomic mass is 10.0. The number of carbonyl (C=O) groups is 2. The third-order valence-corrected chi connectivity index (χ3v) is 3.45. The number of alkyl halides is 3. The van der Waals surface area contributed by atoms with Crippen molar-refractivity contribution in [2.24, 2.45) is 0 Å². The smallest absolute Gasteiger partial charge is 0.406 e. The molecule has 8 heteroatoms. The van der Waals surface area contributed by atoms with E-state index in [0.717, 1.165) is 9.47 Å². The van der Waals surface area contributed by atoms with Crippen molar-refractivity contribution in [3.05, 3.63) is 24.0 Å². The first kappa shape index (κ1) is 15.4. The van der Waals surface area contributed by atoms with E-state index in [1.54, 1.807) is 0 Å². The minimum absolute atomic E-state index is 0.138. The maximum absolute atomic E-state index is 12.5. The van der Waals surface area contributed by atoms with Crippen LogP contribution in [0.15, 0.2) is 18.3 Å². The third kappa shape index (κ3) is 3.56. The molecule has 1 aliphatic heterocycles. The second-order valence-electron chi connectivity index (χ2n) is 4.98. The van der Waals surface area contributed by atoms with Crippen molar-refractivity contribution in [3.8, 4) is 0 Å². The first-order chi connectivity index (χ1) is 9.79.